The third-order valence-electron chi connectivity index (χ3n) is 10.1. The summed E-state index contributed by atoms with van der Waals surface area (Å²) < 4.78 is 12.8. The molecule has 0 saturated heterocycles. The Morgan fingerprint density at radius 3 is 2.48 bits per heavy atom. The number of urea groups is 1. The molecule has 0 bridgehead atoms. The average molecular weight is 687 g/mol. The number of rotatable bonds is 7. The van der Waals surface area contributed by atoms with Crippen LogP contribution in [-0.4, -0.2) is 84.4 Å². The number of likely N-dealkylation sites (N-methyl/N-ethyl adjacent to an activating group) is 1. The number of ether oxygens (including phenoxy) is 2. The van der Waals surface area contributed by atoms with Gasteiger partial charge in [0.05, 0.1) is 36.1 Å². The van der Waals surface area contributed by atoms with Gasteiger partial charge in [0.2, 0.25) is 5.91 Å². The number of aliphatic hydroxyl groups excluding tert-OH is 1. The molecule has 10 nitrogen and oxygen atoms in total. The number of benzene rings is 3. The number of hydrogen-bond acceptors (Lipinski definition) is 6. The van der Waals surface area contributed by atoms with E-state index in [1.54, 1.807) is 23.1 Å². The minimum atomic E-state index is -0.503. The van der Waals surface area contributed by atoms with Gasteiger partial charge in [-0.3, -0.25) is 9.59 Å². The number of hydrogen-bond donors (Lipinski definition) is 3. The van der Waals surface area contributed by atoms with Gasteiger partial charge >= 0.3 is 6.03 Å². The molecule has 4 amide bonds. The summed E-state index contributed by atoms with van der Waals surface area (Å²) >= 11 is 0. The Balaban J connectivity index is 1.38. The Morgan fingerprint density at radius 1 is 0.960 bits per heavy atom. The van der Waals surface area contributed by atoms with Crippen molar-refractivity contribution in [3.63, 3.8) is 0 Å². The lowest BCUT2D eigenvalue weighted by Gasteiger charge is -2.36. The second-order valence-electron chi connectivity index (χ2n) is 14.2. The zero-order chi connectivity index (χ0) is 35.6. The Labute approximate surface area is 296 Å². The first-order chi connectivity index (χ1) is 24.1. The predicted octanol–water partition coefficient (Wildman–Crippen LogP) is 7.32. The van der Waals surface area contributed by atoms with Crippen molar-refractivity contribution in [2.45, 2.75) is 90.4 Å². The van der Waals surface area contributed by atoms with Gasteiger partial charge in [0.25, 0.3) is 5.91 Å². The van der Waals surface area contributed by atoms with Crippen LogP contribution in [0.15, 0.2) is 60.7 Å². The number of carbonyl (C=O) groups excluding carboxylic acids is 3. The summed E-state index contributed by atoms with van der Waals surface area (Å²) in [6.45, 7) is 6.87. The van der Waals surface area contributed by atoms with Crippen LogP contribution < -0.4 is 15.4 Å². The Bertz CT molecular complexity index is 1600. The van der Waals surface area contributed by atoms with Crippen LogP contribution in [0.25, 0.3) is 10.8 Å². The van der Waals surface area contributed by atoms with E-state index in [4.69, 9.17) is 9.47 Å². The first-order valence-corrected chi connectivity index (χ1v) is 18.3. The maximum absolute atomic E-state index is 14.5. The standard InChI is InChI=1S/C40H54N4O6/c1-27-24-44(28(2)26-45)39(47)34-23-32(41-40(48)42-35-19-12-17-30-14-8-9-18-33(30)35)20-21-36(34)50-29(3)13-10-11-22-49-37(27)25-43(4)38(46)31-15-6-5-7-16-31/h8-9,12,14,17-21,23,27-29,31,37,45H,5-7,10-11,13,15-16,22,24-26H2,1-4H3,(H2,41,42,48)/t27-,28-,29-,37+/m0/s1. The number of nitrogens with one attached hydrogen (secondary N) is 2. The normalized spacial score (nSPS) is 21.7. The fourth-order valence-corrected chi connectivity index (χ4v) is 7.10. The van der Waals surface area contributed by atoms with Crippen LogP contribution in [0.4, 0.5) is 16.2 Å². The van der Waals surface area contributed by atoms with E-state index in [0.717, 1.165) is 55.7 Å². The Hall–Kier alpha value is -4.15. The zero-order valence-electron chi connectivity index (χ0n) is 30.0. The summed E-state index contributed by atoms with van der Waals surface area (Å²) in [5, 5.41) is 18.1. The molecule has 1 aliphatic carbocycles. The molecular weight excluding hydrogens is 632 g/mol. The maximum atomic E-state index is 14.5. The summed E-state index contributed by atoms with van der Waals surface area (Å²) in [6.07, 6.45) is 7.25. The molecule has 3 aromatic carbocycles. The monoisotopic (exact) mass is 686 g/mol. The number of amides is 4. The highest BCUT2D eigenvalue weighted by molar-refractivity contribution is 6.07. The number of anilines is 2. The molecule has 10 heteroatoms. The van der Waals surface area contributed by atoms with Crippen molar-refractivity contribution in [1.82, 2.24) is 9.80 Å². The molecule has 1 saturated carbocycles. The highest BCUT2D eigenvalue weighted by atomic mass is 16.5. The van der Waals surface area contributed by atoms with E-state index >= 15 is 0 Å². The second kappa shape index (κ2) is 17.7. The summed E-state index contributed by atoms with van der Waals surface area (Å²) in [6, 6.07) is 17.7. The van der Waals surface area contributed by atoms with Crippen molar-refractivity contribution in [1.29, 1.82) is 0 Å². The predicted molar refractivity (Wildman–Crippen MR) is 198 cm³/mol. The van der Waals surface area contributed by atoms with Crippen molar-refractivity contribution < 1.29 is 29.0 Å². The van der Waals surface area contributed by atoms with Crippen LogP contribution in [0.1, 0.15) is 82.5 Å². The lowest BCUT2D eigenvalue weighted by molar-refractivity contribution is -0.137. The van der Waals surface area contributed by atoms with Gasteiger partial charge in [0, 0.05) is 49.7 Å². The molecule has 4 atom stereocenters. The molecule has 50 heavy (non-hydrogen) atoms. The quantitative estimate of drug-likeness (QED) is 0.240. The number of nitrogens with zero attached hydrogens (tertiary/aromatic N) is 2. The highest BCUT2D eigenvalue weighted by Crippen LogP contribution is 2.30. The molecule has 1 fully saturated rings. The van der Waals surface area contributed by atoms with Crippen molar-refractivity contribution in [3.8, 4) is 5.75 Å². The number of carbonyl (C=O) groups is 3. The first kappa shape index (κ1) is 37.1. The van der Waals surface area contributed by atoms with E-state index in [0.29, 0.717) is 42.4 Å². The van der Waals surface area contributed by atoms with E-state index in [1.807, 2.05) is 75.2 Å². The SMILES string of the molecule is C[C@H]1CCCCO[C@H](CN(C)C(=O)C2CCCCC2)[C@@H](C)CN([C@@H](C)CO)C(=O)c2cc(NC(=O)Nc3cccc4ccccc34)ccc2O1. The molecule has 5 rings (SSSR count). The van der Waals surface area contributed by atoms with Gasteiger partial charge in [-0.1, -0.05) is 62.6 Å². The summed E-state index contributed by atoms with van der Waals surface area (Å²) in [5.41, 5.74) is 1.40. The van der Waals surface area contributed by atoms with E-state index in [1.165, 1.54) is 6.42 Å². The summed E-state index contributed by atoms with van der Waals surface area (Å²) in [5.74, 6) is 0.189. The summed E-state index contributed by atoms with van der Waals surface area (Å²) in [7, 11) is 1.86. The fraction of sp³-hybridized carbons (Fsp3) is 0.525. The topological polar surface area (TPSA) is 120 Å². The van der Waals surface area contributed by atoms with E-state index < -0.39 is 12.1 Å². The van der Waals surface area contributed by atoms with Gasteiger partial charge in [-0.15, -0.1) is 0 Å². The number of fused-ring (bicyclic) bond motifs is 2. The molecule has 2 aliphatic rings. The zero-order valence-corrected chi connectivity index (χ0v) is 30.0. The molecular formula is C40H54N4O6. The minimum Gasteiger partial charge on any atom is -0.490 e. The molecule has 0 radical (unpaired) electrons. The van der Waals surface area contributed by atoms with Crippen LogP contribution in [0.3, 0.4) is 0 Å². The van der Waals surface area contributed by atoms with Gasteiger partial charge < -0.3 is 35.0 Å². The molecule has 0 aromatic heterocycles. The van der Waals surface area contributed by atoms with Crippen molar-refractivity contribution in [2.24, 2.45) is 11.8 Å². The van der Waals surface area contributed by atoms with Crippen molar-refractivity contribution >= 4 is 40.0 Å². The smallest absolute Gasteiger partial charge is 0.323 e. The molecule has 1 aliphatic heterocycles. The van der Waals surface area contributed by atoms with Crippen LogP contribution >= 0.6 is 0 Å². The van der Waals surface area contributed by atoms with Crippen LogP contribution in [0, 0.1) is 11.8 Å². The highest BCUT2D eigenvalue weighted by Gasteiger charge is 2.32. The fourth-order valence-electron chi connectivity index (χ4n) is 7.10. The van der Waals surface area contributed by atoms with E-state index in [9.17, 15) is 19.5 Å². The minimum absolute atomic E-state index is 0.0602. The maximum Gasteiger partial charge on any atom is 0.323 e. The Morgan fingerprint density at radius 2 is 1.70 bits per heavy atom. The average Bonchev–Trinajstić information content (AvgIpc) is 3.12. The van der Waals surface area contributed by atoms with Crippen LogP contribution in [0.5, 0.6) is 5.75 Å². The first-order valence-electron chi connectivity index (χ1n) is 18.3. The lowest BCUT2D eigenvalue weighted by Crippen LogP contribution is -2.48. The molecule has 0 unspecified atom stereocenters. The van der Waals surface area contributed by atoms with E-state index in [2.05, 4.69) is 10.6 Å². The van der Waals surface area contributed by atoms with Crippen LogP contribution in [-0.2, 0) is 9.53 Å². The Kier molecular flexibility index (Phi) is 13.1. The largest absolute Gasteiger partial charge is 0.490 e. The van der Waals surface area contributed by atoms with Gasteiger partial charge in [-0.05, 0) is 75.6 Å². The molecule has 3 N–H and O–H groups in total. The van der Waals surface area contributed by atoms with Gasteiger partial charge in [-0.25, -0.2) is 4.79 Å². The number of aliphatic hydroxyl groups is 1. The van der Waals surface area contributed by atoms with E-state index in [-0.39, 0.29) is 42.5 Å². The van der Waals surface area contributed by atoms with Crippen LogP contribution in [0.2, 0.25) is 0 Å². The van der Waals surface area contributed by atoms with Gasteiger partial charge in [-0.2, -0.15) is 0 Å². The summed E-state index contributed by atoms with van der Waals surface area (Å²) in [4.78, 5) is 44.5. The molecule has 1 heterocycles. The third kappa shape index (κ3) is 9.54. The van der Waals surface area contributed by atoms with Gasteiger partial charge in [0.1, 0.15) is 5.75 Å². The van der Waals surface area contributed by atoms with Crippen molar-refractivity contribution in [3.05, 3.63) is 66.2 Å². The third-order valence-corrected chi connectivity index (χ3v) is 10.1. The molecule has 270 valence electrons. The lowest BCUT2D eigenvalue weighted by atomic mass is 9.88. The van der Waals surface area contributed by atoms with Crippen molar-refractivity contribution in [2.75, 3.05) is 44.0 Å². The second-order valence-corrected chi connectivity index (χ2v) is 14.2. The molecule has 0 spiro atoms. The molecule has 3 aromatic rings. The van der Waals surface area contributed by atoms with Gasteiger partial charge in [0.15, 0.2) is 0 Å².